The Morgan fingerprint density at radius 2 is 1.97 bits per heavy atom. The van der Waals surface area contributed by atoms with Gasteiger partial charge in [-0.05, 0) is 23.6 Å². The lowest BCUT2D eigenvalue weighted by Crippen LogP contribution is -2.09. The van der Waals surface area contributed by atoms with E-state index in [9.17, 15) is 0 Å². The van der Waals surface area contributed by atoms with Crippen LogP contribution in [-0.4, -0.2) is 49.2 Å². The number of aromatic amines is 2. The summed E-state index contributed by atoms with van der Waals surface area (Å²) in [6, 6.07) is 7.82. The molecule has 8 nitrogen and oxygen atoms in total. The number of halogens is 1. The van der Waals surface area contributed by atoms with Crippen molar-refractivity contribution in [2.75, 3.05) is 19.0 Å². The molecule has 0 spiro atoms. The van der Waals surface area contributed by atoms with Crippen LogP contribution in [0, 0.1) is 5.82 Å². The molecule has 0 fully saturated rings. The third-order valence-corrected chi connectivity index (χ3v) is 6.36. The molecule has 0 radical (unpaired) electrons. The van der Waals surface area contributed by atoms with Gasteiger partial charge in [0.1, 0.15) is 11.4 Å². The summed E-state index contributed by atoms with van der Waals surface area (Å²) >= 11 is 1.63. The average Bonchev–Trinajstić information content (AvgIpc) is 3.58. The number of anilines is 1. The number of nitrogens with zero attached hydrogens (tertiary/aromatic N) is 6. The third-order valence-electron chi connectivity index (χ3n) is 5.46. The van der Waals surface area contributed by atoms with Crippen molar-refractivity contribution < 1.29 is 4.39 Å². The highest BCUT2D eigenvalue weighted by molar-refractivity contribution is 7.13. The first-order valence-corrected chi connectivity index (χ1v) is 11.0. The number of nitrogens with one attached hydrogen (secondary N) is 2. The molecule has 0 amide bonds. The number of hydrogen-bond acceptors (Lipinski definition) is 7. The van der Waals surface area contributed by atoms with Gasteiger partial charge in [-0.1, -0.05) is 6.07 Å². The van der Waals surface area contributed by atoms with E-state index in [1.807, 2.05) is 48.6 Å². The number of pyridine rings is 3. The lowest BCUT2D eigenvalue weighted by molar-refractivity contribution is 0.638. The Morgan fingerprint density at radius 3 is 2.79 bits per heavy atom. The zero-order valence-corrected chi connectivity index (χ0v) is 18.5. The van der Waals surface area contributed by atoms with Crippen LogP contribution >= 0.6 is 11.3 Å². The normalized spacial score (nSPS) is 11.5. The molecule has 0 saturated carbocycles. The number of hydrogen-bond donors (Lipinski definition) is 2. The zero-order chi connectivity index (χ0) is 22.5. The number of imidazole rings is 1. The predicted molar refractivity (Wildman–Crippen MR) is 128 cm³/mol. The fourth-order valence-corrected chi connectivity index (χ4v) is 4.57. The van der Waals surface area contributed by atoms with Crippen LogP contribution in [0.5, 0.6) is 0 Å². The fourth-order valence-electron chi connectivity index (χ4n) is 3.81. The van der Waals surface area contributed by atoms with E-state index in [2.05, 4.69) is 35.1 Å². The summed E-state index contributed by atoms with van der Waals surface area (Å²) in [4.78, 5) is 23.9. The van der Waals surface area contributed by atoms with E-state index in [0.29, 0.717) is 33.6 Å². The molecule has 33 heavy (non-hydrogen) atoms. The van der Waals surface area contributed by atoms with Crippen molar-refractivity contribution in [3.63, 3.8) is 0 Å². The quantitative estimate of drug-likeness (QED) is 0.392. The maximum absolute atomic E-state index is 15.8. The highest BCUT2D eigenvalue weighted by Crippen LogP contribution is 2.35. The molecule has 6 aromatic heterocycles. The van der Waals surface area contributed by atoms with E-state index < -0.39 is 5.82 Å². The number of H-pyrrole nitrogens is 2. The number of rotatable bonds is 4. The minimum Gasteiger partial charge on any atom is -0.376 e. The van der Waals surface area contributed by atoms with Crippen LogP contribution in [0.15, 0.2) is 54.4 Å². The molecule has 2 N–H and O–H groups in total. The third kappa shape index (κ3) is 3.14. The molecule has 0 aromatic carbocycles. The van der Waals surface area contributed by atoms with E-state index in [1.54, 1.807) is 36.1 Å². The summed E-state index contributed by atoms with van der Waals surface area (Å²) in [5.74, 6) is -0.0511. The van der Waals surface area contributed by atoms with E-state index in [0.717, 1.165) is 21.6 Å². The first kappa shape index (κ1) is 19.5. The Bertz CT molecular complexity index is 1620. The number of aromatic nitrogens is 7. The van der Waals surface area contributed by atoms with Crippen molar-refractivity contribution in [2.24, 2.45) is 0 Å². The smallest absolute Gasteiger partial charge is 0.178 e. The molecule has 0 aliphatic rings. The Balaban J connectivity index is 1.53. The maximum Gasteiger partial charge on any atom is 0.178 e. The van der Waals surface area contributed by atoms with Gasteiger partial charge in [-0.3, -0.25) is 15.1 Å². The van der Waals surface area contributed by atoms with Crippen LogP contribution in [0.3, 0.4) is 0 Å². The average molecular weight is 457 g/mol. The summed E-state index contributed by atoms with van der Waals surface area (Å²) < 4.78 is 15.8. The SMILES string of the molecule is CN(C)c1cncc(-c2ncc3[nH]nc(-c4nc5nccc(-c6cccs6)c5[nH]4)c3c2F)c1. The van der Waals surface area contributed by atoms with Crippen LogP contribution in [0.1, 0.15) is 0 Å². The molecule has 0 bridgehead atoms. The van der Waals surface area contributed by atoms with Gasteiger partial charge in [0.05, 0.1) is 34.5 Å². The number of fused-ring (bicyclic) bond motifs is 2. The molecule has 6 rings (SSSR count). The summed E-state index contributed by atoms with van der Waals surface area (Å²) in [6.07, 6.45) is 6.61. The maximum atomic E-state index is 15.8. The van der Waals surface area contributed by atoms with E-state index in [1.165, 1.54) is 0 Å². The summed E-state index contributed by atoms with van der Waals surface area (Å²) in [5.41, 5.74) is 4.81. The minimum atomic E-state index is -0.485. The monoisotopic (exact) mass is 456 g/mol. The lowest BCUT2D eigenvalue weighted by Gasteiger charge is -2.13. The molecular weight excluding hydrogens is 439 g/mol. The zero-order valence-electron chi connectivity index (χ0n) is 17.7. The molecule has 6 aromatic rings. The van der Waals surface area contributed by atoms with Gasteiger partial charge in [-0.25, -0.2) is 14.4 Å². The first-order valence-electron chi connectivity index (χ1n) is 10.1. The van der Waals surface area contributed by atoms with Gasteiger partial charge in [0.25, 0.3) is 0 Å². The highest BCUT2D eigenvalue weighted by atomic mass is 32.1. The van der Waals surface area contributed by atoms with Crippen molar-refractivity contribution in [1.82, 2.24) is 35.1 Å². The van der Waals surface area contributed by atoms with Crippen LogP contribution in [0.2, 0.25) is 0 Å². The fraction of sp³-hybridized carbons (Fsp3) is 0.0870. The second-order valence-corrected chi connectivity index (χ2v) is 8.68. The van der Waals surface area contributed by atoms with Gasteiger partial charge in [0.2, 0.25) is 0 Å². The van der Waals surface area contributed by atoms with Crippen molar-refractivity contribution in [2.45, 2.75) is 0 Å². The van der Waals surface area contributed by atoms with E-state index in [4.69, 9.17) is 0 Å². The van der Waals surface area contributed by atoms with Crippen molar-refractivity contribution in [3.8, 4) is 33.2 Å². The van der Waals surface area contributed by atoms with Gasteiger partial charge in [-0.2, -0.15) is 5.10 Å². The topological polar surface area (TPSA) is 99.3 Å². The molecular formula is C23H17FN8S. The number of thiophene rings is 1. The Labute approximate surface area is 191 Å². The Morgan fingerprint density at radius 1 is 1.06 bits per heavy atom. The summed E-state index contributed by atoms with van der Waals surface area (Å²) in [5, 5.41) is 9.54. The van der Waals surface area contributed by atoms with Gasteiger partial charge in [0.15, 0.2) is 17.3 Å². The van der Waals surface area contributed by atoms with Crippen molar-refractivity contribution in [3.05, 3.63) is 60.3 Å². The Hall–Kier alpha value is -4.18. The second-order valence-electron chi connectivity index (χ2n) is 7.73. The minimum absolute atomic E-state index is 0.204. The van der Waals surface area contributed by atoms with Gasteiger partial charge >= 0.3 is 0 Å². The molecule has 0 aliphatic carbocycles. The largest absolute Gasteiger partial charge is 0.376 e. The molecule has 6 heterocycles. The van der Waals surface area contributed by atoms with E-state index >= 15 is 4.39 Å². The van der Waals surface area contributed by atoms with Crippen molar-refractivity contribution >= 4 is 39.1 Å². The van der Waals surface area contributed by atoms with Crippen molar-refractivity contribution in [1.29, 1.82) is 0 Å². The molecule has 0 atom stereocenters. The van der Waals surface area contributed by atoms with Crippen LogP contribution in [-0.2, 0) is 0 Å². The van der Waals surface area contributed by atoms with Crippen LogP contribution in [0.4, 0.5) is 10.1 Å². The molecule has 0 saturated heterocycles. The van der Waals surface area contributed by atoms with Gasteiger partial charge in [0, 0.05) is 42.5 Å². The summed E-state index contributed by atoms with van der Waals surface area (Å²) in [6.45, 7) is 0. The standard InChI is InChI=1S/C23H17FN8S/c1-32(2)13-8-12(9-25-10-13)19-18(24)17-15(11-27-19)30-31-21(17)23-28-20-14(16-4-3-7-33-16)5-6-26-22(20)29-23/h3-11H,1-2H3,(H,30,31)(H,26,28,29). The molecule has 162 valence electrons. The first-order chi connectivity index (χ1) is 16.1. The van der Waals surface area contributed by atoms with Crippen LogP contribution in [0.25, 0.3) is 55.3 Å². The molecule has 0 unspecified atom stereocenters. The Kier molecular flexibility index (Phi) is 4.40. The van der Waals surface area contributed by atoms with Crippen LogP contribution < -0.4 is 4.90 Å². The van der Waals surface area contributed by atoms with E-state index in [-0.39, 0.29) is 5.69 Å². The van der Waals surface area contributed by atoms with Gasteiger partial charge < -0.3 is 9.88 Å². The lowest BCUT2D eigenvalue weighted by atomic mass is 10.1. The van der Waals surface area contributed by atoms with Gasteiger partial charge in [-0.15, -0.1) is 11.3 Å². The molecule has 0 aliphatic heterocycles. The highest BCUT2D eigenvalue weighted by Gasteiger charge is 2.21. The summed E-state index contributed by atoms with van der Waals surface area (Å²) in [7, 11) is 3.81. The predicted octanol–water partition coefficient (Wildman–Crippen LogP) is 4.89. The second kappa shape index (κ2) is 7.45. The molecule has 10 heteroatoms.